The molecule has 0 aromatic heterocycles. The van der Waals surface area contributed by atoms with Crippen LogP contribution in [-0.2, 0) is 0 Å². The van der Waals surface area contributed by atoms with Gasteiger partial charge in [0.25, 0.3) is 0 Å². The van der Waals surface area contributed by atoms with Crippen molar-refractivity contribution >= 4 is 5.69 Å². The highest BCUT2D eigenvalue weighted by atomic mass is 16.5. The topological polar surface area (TPSA) is 47.7 Å². The van der Waals surface area contributed by atoms with Crippen molar-refractivity contribution in [3.63, 3.8) is 0 Å². The first-order valence-corrected chi connectivity index (χ1v) is 8.41. The molecule has 0 amide bonds. The third-order valence-electron chi connectivity index (χ3n) is 4.87. The quantitative estimate of drug-likeness (QED) is 0.936. The van der Waals surface area contributed by atoms with Crippen molar-refractivity contribution in [1.29, 1.82) is 0 Å². The monoisotopic (exact) mass is 326 g/mol. The van der Waals surface area contributed by atoms with Crippen LogP contribution in [0, 0.1) is 6.92 Å². The van der Waals surface area contributed by atoms with Gasteiger partial charge >= 0.3 is 0 Å². The van der Waals surface area contributed by atoms with Gasteiger partial charge in [-0.2, -0.15) is 0 Å². The summed E-state index contributed by atoms with van der Waals surface area (Å²) in [5, 5.41) is 0. The molecule has 2 atom stereocenters. The molecule has 1 aliphatic rings. The van der Waals surface area contributed by atoms with E-state index in [1.165, 1.54) is 11.1 Å². The van der Waals surface area contributed by atoms with E-state index in [0.717, 1.165) is 36.7 Å². The molecule has 0 aliphatic carbocycles. The highest BCUT2D eigenvalue weighted by molar-refractivity contribution is 5.57. The highest BCUT2D eigenvalue weighted by Gasteiger charge is 2.28. The Hall–Kier alpha value is -2.20. The van der Waals surface area contributed by atoms with Gasteiger partial charge < -0.3 is 20.1 Å². The molecule has 0 spiro atoms. The van der Waals surface area contributed by atoms with Gasteiger partial charge in [-0.1, -0.05) is 29.8 Å². The van der Waals surface area contributed by atoms with Crippen LogP contribution in [0.5, 0.6) is 11.5 Å². The lowest BCUT2D eigenvalue weighted by Crippen LogP contribution is -2.45. The zero-order valence-electron chi connectivity index (χ0n) is 14.7. The second-order valence-corrected chi connectivity index (χ2v) is 6.46. The Kier molecular flexibility index (Phi) is 4.95. The first kappa shape index (κ1) is 16.7. The van der Waals surface area contributed by atoms with E-state index in [0.29, 0.717) is 5.92 Å². The fourth-order valence-corrected chi connectivity index (χ4v) is 3.48. The van der Waals surface area contributed by atoms with Gasteiger partial charge in [0, 0.05) is 36.8 Å². The fourth-order valence-electron chi connectivity index (χ4n) is 3.48. The molecule has 0 saturated carbocycles. The third kappa shape index (κ3) is 3.34. The zero-order valence-corrected chi connectivity index (χ0v) is 14.7. The fraction of sp³-hybridized carbons (Fsp3) is 0.400. The minimum atomic E-state index is 0.197. The van der Waals surface area contributed by atoms with Gasteiger partial charge in [0.05, 0.1) is 14.2 Å². The summed E-state index contributed by atoms with van der Waals surface area (Å²) < 4.78 is 10.8. The van der Waals surface area contributed by atoms with Gasteiger partial charge in [0.15, 0.2) is 11.5 Å². The SMILES string of the molecule is COc1ccc(N2CC[C@@H](N)[C@@H](c3cccc(C)c3)C2)cc1OC. The average molecular weight is 326 g/mol. The van der Waals surface area contributed by atoms with E-state index in [1.807, 2.05) is 12.1 Å². The van der Waals surface area contributed by atoms with Gasteiger partial charge in [-0.15, -0.1) is 0 Å². The van der Waals surface area contributed by atoms with Crippen molar-refractivity contribution in [1.82, 2.24) is 0 Å². The Balaban J connectivity index is 1.85. The molecule has 2 aromatic carbocycles. The van der Waals surface area contributed by atoms with Crippen LogP contribution in [0.25, 0.3) is 0 Å². The molecule has 0 unspecified atom stereocenters. The highest BCUT2D eigenvalue weighted by Crippen LogP contribution is 2.35. The van der Waals surface area contributed by atoms with Crippen LogP contribution >= 0.6 is 0 Å². The number of hydrogen-bond donors (Lipinski definition) is 1. The zero-order chi connectivity index (χ0) is 17.1. The van der Waals surface area contributed by atoms with E-state index in [4.69, 9.17) is 15.2 Å². The minimum absolute atomic E-state index is 0.197. The Labute approximate surface area is 144 Å². The molecule has 1 heterocycles. The molecule has 4 nitrogen and oxygen atoms in total. The molecule has 2 N–H and O–H groups in total. The summed E-state index contributed by atoms with van der Waals surface area (Å²) in [4.78, 5) is 2.39. The number of nitrogens with two attached hydrogens (primary N) is 1. The summed E-state index contributed by atoms with van der Waals surface area (Å²) in [6, 6.07) is 15.0. The number of anilines is 1. The smallest absolute Gasteiger partial charge is 0.162 e. The summed E-state index contributed by atoms with van der Waals surface area (Å²) >= 11 is 0. The first-order valence-electron chi connectivity index (χ1n) is 8.41. The van der Waals surface area contributed by atoms with E-state index in [-0.39, 0.29) is 6.04 Å². The van der Waals surface area contributed by atoms with Gasteiger partial charge in [-0.25, -0.2) is 0 Å². The molecule has 2 aromatic rings. The summed E-state index contributed by atoms with van der Waals surface area (Å²) in [5.41, 5.74) is 10.2. The lowest BCUT2D eigenvalue weighted by Gasteiger charge is -2.38. The number of aryl methyl sites for hydroxylation is 1. The summed E-state index contributed by atoms with van der Waals surface area (Å²) in [7, 11) is 3.33. The number of nitrogens with zero attached hydrogens (tertiary/aromatic N) is 1. The lowest BCUT2D eigenvalue weighted by atomic mass is 9.85. The van der Waals surface area contributed by atoms with E-state index >= 15 is 0 Å². The number of ether oxygens (including phenoxy) is 2. The van der Waals surface area contributed by atoms with Crippen LogP contribution in [0.3, 0.4) is 0 Å². The summed E-state index contributed by atoms with van der Waals surface area (Å²) in [6.45, 7) is 4.00. The molecule has 1 saturated heterocycles. The molecule has 3 rings (SSSR count). The second-order valence-electron chi connectivity index (χ2n) is 6.46. The van der Waals surface area contributed by atoms with Crippen LogP contribution in [0.15, 0.2) is 42.5 Å². The maximum atomic E-state index is 6.43. The van der Waals surface area contributed by atoms with Gasteiger partial charge in [-0.3, -0.25) is 0 Å². The number of hydrogen-bond acceptors (Lipinski definition) is 4. The minimum Gasteiger partial charge on any atom is -0.493 e. The molecule has 128 valence electrons. The van der Waals surface area contributed by atoms with Crippen molar-refractivity contribution in [2.75, 3.05) is 32.2 Å². The number of benzene rings is 2. The van der Waals surface area contributed by atoms with E-state index in [9.17, 15) is 0 Å². The normalized spacial score (nSPS) is 20.8. The van der Waals surface area contributed by atoms with E-state index in [2.05, 4.69) is 42.2 Å². The molecule has 1 aliphatic heterocycles. The van der Waals surface area contributed by atoms with Crippen LogP contribution < -0.4 is 20.1 Å². The van der Waals surface area contributed by atoms with Gasteiger partial charge in [-0.05, 0) is 31.0 Å². The standard InChI is InChI=1S/C20H26N2O2/c1-14-5-4-6-15(11-14)17-13-22(10-9-18(17)21)16-7-8-19(23-2)20(12-16)24-3/h4-8,11-12,17-18H,9-10,13,21H2,1-3H3/t17-,18-/m1/s1. The Morgan fingerprint density at radius 1 is 1.04 bits per heavy atom. The maximum absolute atomic E-state index is 6.43. The molecule has 0 radical (unpaired) electrons. The Morgan fingerprint density at radius 2 is 1.83 bits per heavy atom. The summed E-state index contributed by atoms with van der Waals surface area (Å²) in [5.74, 6) is 1.86. The third-order valence-corrected chi connectivity index (χ3v) is 4.87. The first-order chi connectivity index (χ1) is 11.6. The van der Waals surface area contributed by atoms with Gasteiger partial charge in [0.1, 0.15) is 0 Å². The molecule has 24 heavy (non-hydrogen) atoms. The predicted octanol–water partition coefficient (Wildman–Crippen LogP) is 3.33. The molecular weight excluding hydrogens is 300 g/mol. The predicted molar refractivity (Wildman–Crippen MR) is 98.3 cm³/mol. The van der Waals surface area contributed by atoms with Crippen molar-refractivity contribution in [3.8, 4) is 11.5 Å². The average Bonchev–Trinajstić information content (AvgIpc) is 2.61. The lowest BCUT2D eigenvalue weighted by molar-refractivity contribution is 0.354. The molecular formula is C20H26N2O2. The van der Waals surface area contributed by atoms with Crippen molar-refractivity contribution < 1.29 is 9.47 Å². The Morgan fingerprint density at radius 3 is 2.54 bits per heavy atom. The molecule has 1 fully saturated rings. The number of methoxy groups -OCH3 is 2. The van der Waals surface area contributed by atoms with Gasteiger partial charge in [0.2, 0.25) is 0 Å². The largest absolute Gasteiger partial charge is 0.493 e. The number of rotatable bonds is 4. The molecule has 0 bridgehead atoms. The van der Waals surface area contributed by atoms with Crippen LogP contribution in [0.4, 0.5) is 5.69 Å². The maximum Gasteiger partial charge on any atom is 0.162 e. The summed E-state index contributed by atoms with van der Waals surface area (Å²) in [6.07, 6.45) is 0.979. The van der Waals surface area contributed by atoms with Crippen molar-refractivity contribution in [2.24, 2.45) is 5.73 Å². The molecule has 4 heteroatoms. The van der Waals surface area contributed by atoms with Crippen molar-refractivity contribution in [2.45, 2.75) is 25.3 Å². The van der Waals surface area contributed by atoms with Crippen LogP contribution in [0.1, 0.15) is 23.5 Å². The van der Waals surface area contributed by atoms with Crippen LogP contribution in [-0.4, -0.2) is 33.4 Å². The van der Waals surface area contributed by atoms with Crippen molar-refractivity contribution in [3.05, 3.63) is 53.6 Å². The number of piperidine rings is 1. The Bertz CT molecular complexity index is 702. The second kappa shape index (κ2) is 7.14. The van der Waals surface area contributed by atoms with E-state index in [1.54, 1.807) is 14.2 Å². The van der Waals surface area contributed by atoms with E-state index < -0.39 is 0 Å². The van der Waals surface area contributed by atoms with Crippen LogP contribution in [0.2, 0.25) is 0 Å².